The third-order valence-electron chi connectivity index (χ3n) is 23.3. The van der Waals surface area contributed by atoms with Crippen LogP contribution in [-0.4, -0.2) is 103 Å². The van der Waals surface area contributed by atoms with Crippen molar-refractivity contribution in [3.8, 4) is 22.7 Å². The Morgan fingerprint density at radius 3 is 0.873 bits per heavy atom. The van der Waals surface area contributed by atoms with Crippen molar-refractivity contribution in [2.75, 3.05) is 0 Å². The topological polar surface area (TPSA) is 284 Å². The van der Waals surface area contributed by atoms with Crippen molar-refractivity contribution in [3.63, 3.8) is 0 Å². The highest BCUT2D eigenvalue weighted by atomic mass is 19.1. The van der Waals surface area contributed by atoms with Crippen LogP contribution in [0.2, 0.25) is 0 Å². The van der Waals surface area contributed by atoms with Crippen LogP contribution >= 0.6 is 0 Å². The molecule has 0 radical (unpaired) electrons. The number of aliphatic carboxylic acids is 4. The van der Waals surface area contributed by atoms with Crippen LogP contribution in [0.25, 0.3) is 110 Å². The van der Waals surface area contributed by atoms with E-state index in [2.05, 4.69) is 145 Å². The second kappa shape index (κ2) is 32.8. The Morgan fingerprint density at radius 2 is 0.627 bits per heavy atom. The molecule has 1 aliphatic carbocycles. The van der Waals surface area contributed by atoms with Crippen molar-refractivity contribution >= 4 is 111 Å². The molecule has 20 nitrogen and oxygen atoms in total. The van der Waals surface area contributed by atoms with Crippen molar-refractivity contribution in [1.29, 1.82) is 0 Å². The number of aromatic amines is 4. The number of H-pyrrole nitrogens is 4. The van der Waals surface area contributed by atoms with Crippen LogP contribution < -0.4 is 0 Å². The minimum Gasteiger partial charge on any atom is -0.481 e. The average molecular weight is 1600 g/mol. The van der Waals surface area contributed by atoms with Crippen LogP contribution in [0.15, 0.2) is 146 Å². The smallest absolute Gasteiger partial charge is 0.306 e. The van der Waals surface area contributed by atoms with Gasteiger partial charge in [0.15, 0.2) is 0 Å². The number of carboxylic acid groups (broad SMARTS) is 4. The summed E-state index contributed by atoms with van der Waals surface area (Å²) in [5.74, 6) is -4.40. The molecule has 1 fully saturated rings. The van der Waals surface area contributed by atoms with E-state index in [-0.39, 0.29) is 59.3 Å². The summed E-state index contributed by atoms with van der Waals surface area (Å²) in [6.07, 6.45) is 10.4. The summed E-state index contributed by atoms with van der Waals surface area (Å²) in [4.78, 5) is 45.9. The van der Waals surface area contributed by atoms with Crippen LogP contribution in [0.4, 0.5) is 17.6 Å². The molecular weight excluding hydrogens is 1500 g/mol. The molecule has 24 heteroatoms. The average Bonchev–Trinajstić information content (AvgIpc) is 1.17. The largest absolute Gasteiger partial charge is 0.481 e. The van der Waals surface area contributed by atoms with Crippen molar-refractivity contribution in [2.45, 2.75) is 172 Å². The molecule has 8 aromatic carbocycles. The number of aromatic nitrogens is 12. The third kappa shape index (κ3) is 15.6. The first kappa shape index (κ1) is 81.9. The first-order chi connectivity index (χ1) is 56.2. The highest BCUT2D eigenvalue weighted by Gasteiger charge is 2.38. The van der Waals surface area contributed by atoms with E-state index in [1.807, 2.05) is 54.7 Å². The fourth-order valence-electron chi connectivity index (χ4n) is 17.4. The Balaban J connectivity index is 0.000000129. The Hall–Kier alpha value is -12.6. The lowest BCUT2D eigenvalue weighted by Crippen LogP contribution is -2.25. The number of nitrogens with one attached hydrogen (secondary N) is 4. The zero-order chi connectivity index (χ0) is 84.5. The lowest BCUT2D eigenvalue weighted by Gasteiger charge is -2.36. The molecule has 0 aliphatic heterocycles. The van der Waals surface area contributed by atoms with E-state index in [1.165, 1.54) is 40.9 Å². The third-order valence-corrected chi connectivity index (χ3v) is 23.3. The predicted octanol–water partition coefficient (Wildman–Crippen LogP) is 22.1. The number of benzene rings is 8. The summed E-state index contributed by atoms with van der Waals surface area (Å²) in [7, 11) is 0. The summed E-state index contributed by atoms with van der Waals surface area (Å²) >= 11 is 0. The quantitative estimate of drug-likeness (QED) is 0.0331. The molecule has 118 heavy (non-hydrogen) atoms. The number of rotatable bonds is 20. The molecule has 16 aromatic rings. The molecule has 8 aromatic heterocycles. The Kier molecular flexibility index (Phi) is 22.8. The molecule has 0 saturated heterocycles. The Morgan fingerprint density at radius 1 is 0.373 bits per heavy atom. The van der Waals surface area contributed by atoms with Crippen LogP contribution in [0.1, 0.15) is 192 Å². The highest BCUT2D eigenvalue weighted by Crippen LogP contribution is 2.51. The van der Waals surface area contributed by atoms with Crippen molar-refractivity contribution in [3.05, 3.63) is 237 Å². The molecule has 1 aliphatic rings. The fourth-order valence-corrected chi connectivity index (χ4v) is 17.4. The monoisotopic (exact) mass is 1600 g/mol. The number of halogens is 4. The van der Waals surface area contributed by atoms with Crippen LogP contribution in [0, 0.1) is 74.6 Å². The van der Waals surface area contributed by atoms with Gasteiger partial charge < -0.3 is 38.7 Å². The van der Waals surface area contributed by atoms with Crippen LogP contribution in [-0.2, 0) is 38.4 Å². The van der Waals surface area contributed by atoms with Crippen molar-refractivity contribution in [1.82, 2.24) is 59.1 Å². The van der Waals surface area contributed by atoms with Gasteiger partial charge in [0.05, 0.1) is 86.7 Å². The van der Waals surface area contributed by atoms with Gasteiger partial charge in [0.25, 0.3) is 0 Å². The minimum absolute atomic E-state index is 0.153. The molecule has 0 bridgehead atoms. The fraction of sp³-hybridized carbons (Fsp3) is 0.319. The molecule has 3 unspecified atom stereocenters. The SMILES string of the molecule is Cc1cc(-n2c(C(C)C)c(C3CC(CC(=O)O)C3)c3cc4[nH]ncc4cc32)ccc1F.Cc1cc(-n2c(C(C)C)c(CC(C)C(=O)O)c3cc4[nH]ncc4cc32)ccc1F.Cc1cc(-n2c(C(C)C)c(CC(C)C(=O)O)c3cc4[nH]ncc4cc32)ccc1F.Cc1cc(-n2c(C(C)C)c(CC(C)C(=O)O)c3cc4[nH]ncc4cc32)ccc1F. The number of nitrogens with zero attached hydrogens (tertiary/aromatic N) is 8. The second-order valence-electron chi connectivity index (χ2n) is 33.4. The Bertz CT molecular complexity index is 6130. The van der Waals surface area contributed by atoms with E-state index in [0.717, 1.165) is 151 Å². The minimum atomic E-state index is -0.819. The molecule has 0 spiro atoms. The lowest BCUT2D eigenvalue weighted by atomic mass is 9.69. The standard InChI is InChI=1S/C25H26FN3O2.3C23H24FN3O2/c1-13(2)25-24(16-7-15(8-16)9-23(30)31)19-11-21-17(12-27-28-21)10-22(19)29(25)18-4-5-20(26)14(3)6-18;3*1-12(2)22-18(8-14(4)23(28)29)17-10-20-15(11-25-26-20)9-21(17)27(22)16-5-6-19(24)13(3)7-16/h4-6,10-13,15-16H,7-9H2,1-3H3,(H,27,28)(H,30,31);3*5-7,9-12,14H,8H2,1-4H3,(H,25,26)(H,28,29). The highest BCUT2D eigenvalue weighted by molar-refractivity contribution is 6.03. The number of hydrogen-bond acceptors (Lipinski definition) is 8. The molecule has 17 rings (SSSR count). The van der Waals surface area contributed by atoms with Crippen molar-refractivity contribution < 1.29 is 57.2 Å². The lowest BCUT2D eigenvalue weighted by molar-refractivity contribution is -0.142. The van der Waals surface area contributed by atoms with Gasteiger partial charge in [-0.05, 0) is 261 Å². The summed E-state index contributed by atoms with van der Waals surface area (Å²) in [6.45, 7) is 29.2. The maximum atomic E-state index is 14.0. The molecule has 8 N–H and O–H groups in total. The molecule has 610 valence electrons. The van der Waals surface area contributed by atoms with Gasteiger partial charge in [-0.3, -0.25) is 39.6 Å². The van der Waals surface area contributed by atoms with E-state index in [1.54, 1.807) is 85.3 Å². The molecule has 3 atom stereocenters. The first-order valence-corrected chi connectivity index (χ1v) is 40.1. The predicted molar refractivity (Wildman–Crippen MR) is 456 cm³/mol. The molecule has 0 amide bonds. The van der Waals surface area contributed by atoms with E-state index >= 15 is 0 Å². The van der Waals surface area contributed by atoms with Gasteiger partial charge in [0.2, 0.25) is 0 Å². The number of aryl methyl sites for hydroxylation is 4. The molecular formula is C94H98F4N12O8. The zero-order valence-corrected chi connectivity index (χ0v) is 68.8. The summed E-state index contributed by atoms with van der Waals surface area (Å²) < 4.78 is 64.5. The van der Waals surface area contributed by atoms with Crippen LogP contribution in [0.5, 0.6) is 0 Å². The number of fused-ring (bicyclic) bond motifs is 8. The normalized spacial score (nSPS) is 14.4. The number of carbonyl (C=O) groups is 4. The van der Waals surface area contributed by atoms with Gasteiger partial charge >= 0.3 is 23.9 Å². The number of carboxylic acids is 4. The maximum Gasteiger partial charge on any atom is 0.306 e. The molecule has 8 heterocycles. The zero-order valence-electron chi connectivity index (χ0n) is 68.8. The van der Waals surface area contributed by atoms with Gasteiger partial charge in [-0.1, -0.05) is 76.2 Å². The maximum absolute atomic E-state index is 14.0. The van der Waals surface area contributed by atoms with E-state index in [4.69, 9.17) is 0 Å². The van der Waals surface area contributed by atoms with E-state index < -0.39 is 41.6 Å². The van der Waals surface area contributed by atoms with Crippen LogP contribution in [0.3, 0.4) is 0 Å². The van der Waals surface area contributed by atoms with Gasteiger partial charge in [-0.2, -0.15) is 20.4 Å². The van der Waals surface area contributed by atoms with Gasteiger partial charge in [0, 0.05) is 95.0 Å². The second-order valence-corrected chi connectivity index (χ2v) is 33.4. The summed E-state index contributed by atoms with van der Waals surface area (Å²) in [5, 5.41) is 74.5. The van der Waals surface area contributed by atoms with Gasteiger partial charge in [-0.15, -0.1) is 0 Å². The van der Waals surface area contributed by atoms with Gasteiger partial charge in [-0.25, -0.2) is 17.6 Å². The van der Waals surface area contributed by atoms with E-state index in [0.29, 0.717) is 47.4 Å². The summed E-state index contributed by atoms with van der Waals surface area (Å²) in [6, 6.07) is 37.2. The number of hydrogen-bond donors (Lipinski definition) is 8. The first-order valence-electron chi connectivity index (χ1n) is 40.1. The summed E-state index contributed by atoms with van der Waals surface area (Å²) in [5.41, 5.74) is 22.3. The van der Waals surface area contributed by atoms with E-state index in [9.17, 15) is 57.2 Å². The molecule has 1 saturated carbocycles. The van der Waals surface area contributed by atoms with Gasteiger partial charge in [0.1, 0.15) is 23.3 Å². The Labute approximate surface area is 678 Å². The van der Waals surface area contributed by atoms with Crippen molar-refractivity contribution in [2.24, 2.45) is 23.7 Å².